The van der Waals surface area contributed by atoms with Gasteiger partial charge in [-0.1, -0.05) is 88.2 Å². The molecule has 2 rings (SSSR count). The number of carbonyl (C=O) groups excluding carboxylic acids is 3. The van der Waals surface area contributed by atoms with Crippen LogP contribution in [0.1, 0.15) is 83.5 Å². The molecule has 8 heteroatoms. The number of rotatable bonds is 12. The first-order valence-corrected chi connectivity index (χ1v) is 14.3. The van der Waals surface area contributed by atoms with Crippen LogP contribution in [0.3, 0.4) is 0 Å². The van der Waals surface area contributed by atoms with Crippen LogP contribution in [-0.2, 0) is 14.3 Å². The lowest BCUT2D eigenvalue weighted by Gasteiger charge is -2.36. The Morgan fingerprint density at radius 2 is 1.80 bits per heavy atom. The van der Waals surface area contributed by atoms with Gasteiger partial charge in [0.25, 0.3) is 5.91 Å². The van der Waals surface area contributed by atoms with E-state index in [2.05, 4.69) is 17.2 Å². The third-order valence-corrected chi connectivity index (χ3v) is 6.99. The third kappa shape index (κ3) is 9.12. The fourth-order valence-corrected chi connectivity index (χ4v) is 4.57. The second-order valence-electron chi connectivity index (χ2n) is 11.1. The van der Waals surface area contributed by atoms with E-state index in [9.17, 15) is 14.4 Å². The molecular formula is C32H44ClN3O4. The molecule has 0 fully saturated rings. The van der Waals surface area contributed by atoms with Crippen molar-refractivity contribution in [1.82, 2.24) is 10.2 Å². The second kappa shape index (κ2) is 14.9. The molecule has 0 spiro atoms. The first kappa shape index (κ1) is 32.9. The highest BCUT2D eigenvalue weighted by Gasteiger charge is 2.38. The number of ether oxygens (including phenoxy) is 1. The molecule has 0 aliphatic carbocycles. The monoisotopic (exact) mass is 569 g/mol. The molecule has 0 saturated heterocycles. The molecule has 218 valence electrons. The van der Waals surface area contributed by atoms with Crippen LogP contribution in [0, 0.1) is 12.8 Å². The molecule has 7 nitrogen and oxygen atoms in total. The van der Waals surface area contributed by atoms with Gasteiger partial charge in [0.15, 0.2) is 0 Å². The number of benzene rings is 2. The number of para-hydroxylation sites is 1. The Labute approximate surface area is 244 Å². The SMILES string of the molecule is C=Cc1cccc(C(C(=O)Nc2c(C)cccc2Cl)N(CCCC)C(=O)C(NC(=O)OC(C)(C)C)C(C)CC)c1. The maximum atomic E-state index is 14.3. The Morgan fingerprint density at radius 1 is 1.12 bits per heavy atom. The number of amides is 3. The van der Waals surface area contributed by atoms with E-state index in [1.165, 1.54) is 0 Å². The second-order valence-corrected chi connectivity index (χ2v) is 11.5. The minimum absolute atomic E-state index is 0.210. The van der Waals surface area contributed by atoms with Gasteiger partial charge in [-0.3, -0.25) is 9.59 Å². The number of carbonyl (C=O) groups is 3. The molecule has 0 aliphatic heterocycles. The fourth-order valence-electron chi connectivity index (χ4n) is 4.30. The highest BCUT2D eigenvalue weighted by atomic mass is 35.5. The van der Waals surface area contributed by atoms with Crippen molar-refractivity contribution >= 4 is 41.3 Å². The molecule has 3 atom stereocenters. The van der Waals surface area contributed by atoms with Crippen LogP contribution >= 0.6 is 11.6 Å². The van der Waals surface area contributed by atoms with Gasteiger partial charge in [-0.25, -0.2) is 4.79 Å². The maximum absolute atomic E-state index is 14.3. The van der Waals surface area contributed by atoms with Gasteiger partial charge >= 0.3 is 6.09 Å². The molecule has 0 heterocycles. The standard InChI is InChI=1S/C32H44ClN3O4/c1-9-12-19-36(30(38)27(21(4)10-2)35-31(39)40-32(6,7)8)28(24-17-14-16-23(11-3)20-24)29(37)34-26-22(5)15-13-18-25(26)33/h11,13-18,20-21,27-28H,3,9-10,12,19H2,1-2,4-8H3,(H,34,37)(H,35,39). The normalized spacial score (nSPS) is 13.5. The average Bonchev–Trinajstić information content (AvgIpc) is 2.89. The van der Waals surface area contributed by atoms with Crippen LogP contribution in [0.25, 0.3) is 6.08 Å². The van der Waals surface area contributed by atoms with Gasteiger partial charge in [-0.05, 0) is 68.9 Å². The van der Waals surface area contributed by atoms with Crippen LogP contribution in [0.15, 0.2) is 49.0 Å². The van der Waals surface area contributed by atoms with Gasteiger partial charge in [-0.15, -0.1) is 0 Å². The molecule has 3 amide bonds. The fraction of sp³-hybridized carbons (Fsp3) is 0.469. The van der Waals surface area contributed by atoms with Crippen LogP contribution in [-0.4, -0.2) is 41.0 Å². The van der Waals surface area contributed by atoms with Gasteiger partial charge in [0.1, 0.15) is 17.7 Å². The van der Waals surface area contributed by atoms with Crippen LogP contribution in [0.2, 0.25) is 5.02 Å². The van der Waals surface area contributed by atoms with Gasteiger partial charge in [0, 0.05) is 6.54 Å². The van der Waals surface area contributed by atoms with Crippen molar-refractivity contribution in [3.63, 3.8) is 0 Å². The lowest BCUT2D eigenvalue weighted by atomic mass is 9.95. The molecule has 3 unspecified atom stereocenters. The summed E-state index contributed by atoms with van der Waals surface area (Å²) < 4.78 is 5.48. The topological polar surface area (TPSA) is 87.7 Å². The number of anilines is 1. The summed E-state index contributed by atoms with van der Waals surface area (Å²) in [7, 11) is 0. The molecule has 0 aromatic heterocycles. The van der Waals surface area contributed by atoms with Crippen molar-refractivity contribution in [2.75, 3.05) is 11.9 Å². The Kier molecular flexibility index (Phi) is 12.2. The Balaban J connectivity index is 2.63. The summed E-state index contributed by atoms with van der Waals surface area (Å²) >= 11 is 6.45. The number of aryl methyl sites for hydroxylation is 1. The third-order valence-electron chi connectivity index (χ3n) is 6.68. The molecule has 0 radical (unpaired) electrons. The molecule has 2 aromatic rings. The van der Waals surface area contributed by atoms with Crippen LogP contribution < -0.4 is 10.6 Å². The van der Waals surface area contributed by atoms with E-state index >= 15 is 0 Å². The summed E-state index contributed by atoms with van der Waals surface area (Å²) in [5.41, 5.74) is 2.01. The zero-order chi connectivity index (χ0) is 30.0. The van der Waals surface area contributed by atoms with Crippen LogP contribution in [0.5, 0.6) is 0 Å². The molecular weight excluding hydrogens is 526 g/mol. The van der Waals surface area contributed by atoms with Gasteiger partial charge < -0.3 is 20.3 Å². The number of unbranched alkanes of at least 4 members (excludes halogenated alkanes) is 1. The van der Waals surface area contributed by atoms with E-state index in [1.54, 1.807) is 37.8 Å². The number of nitrogens with zero attached hydrogens (tertiary/aromatic N) is 1. The summed E-state index contributed by atoms with van der Waals surface area (Å²) in [5, 5.41) is 6.18. The average molecular weight is 570 g/mol. The zero-order valence-corrected chi connectivity index (χ0v) is 25.6. The van der Waals surface area contributed by atoms with Crippen molar-refractivity contribution in [2.45, 2.75) is 85.4 Å². The predicted molar refractivity (Wildman–Crippen MR) is 163 cm³/mol. The lowest BCUT2D eigenvalue weighted by molar-refractivity contribution is -0.142. The Morgan fingerprint density at radius 3 is 2.38 bits per heavy atom. The van der Waals surface area contributed by atoms with E-state index < -0.39 is 29.7 Å². The summed E-state index contributed by atoms with van der Waals surface area (Å²) in [6.45, 7) is 17.2. The van der Waals surface area contributed by atoms with E-state index in [1.807, 2.05) is 64.1 Å². The minimum Gasteiger partial charge on any atom is -0.444 e. The largest absolute Gasteiger partial charge is 0.444 e. The zero-order valence-electron chi connectivity index (χ0n) is 24.8. The van der Waals surface area contributed by atoms with Crippen molar-refractivity contribution in [1.29, 1.82) is 0 Å². The maximum Gasteiger partial charge on any atom is 0.408 e. The van der Waals surface area contributed by atoms with E-state index in [4.69, 9.17) is 16.3 Å². The lowest BCUT2D eigenvalue weighted by Crippen LogP contribution is -2.55. The van der Waals surface area contributed by atoms with Gasteiger partial charge in [-0.2, -0.15) is 0 Å². The molecule has 0 aliphatic rings. The van der Waals surface area contributed by atoms with Gasteiger partial charge in [0.05, 0.1) is 10.7 Å². The molecule has 0 bridgehead atoms. The van der Waals surface area contributed by atoms with E-state index in [0.717, 1.165) is 17.5 Å². The highest BCUT2D eigenvalue weighted by Crippen LogP contribution is 2.30. The Hall–Kier alpha value is -3.32. The minimum atomic E-state index is -0.985. The van der Waals surface area contributed by atoms with Crippen molar-refractivity contribution < 1.29 is 19.1 Å². The van der Waals surface area contributed by atoms with Crippen LogP contribution in [0.4, 0.5) is 10.5 Å². The summed E-state index contributed by atoms with van der Waals surface area (Å²) in [4.78, 5) is 42.8. The molecule has 2 N–H and O–H groups in total. The Bertz CT molecular complexity index is 1170. The molecule has 40 heavy (non-hydrogen) atoms. The number of hydrogen-bond donors (Lipinski definition) is 2. The summed E-state index contributed by atoms with van der Waals surface area (Å²) in [6, 6.07) is 10.9. The molecule has 2 aromatic carbocycles. The first-order chi connectivity index (χ1) is 18.8. The smallest absolute Gasteiger partial charge is 0.408 e. The van der Waals surface area contributed by atoms with E-state index in [0.29, 0.717) is 35.7 Å². The number of alkyl carbamates (subject to hydrolysis) is 1. The number of halogens is 1. The molecule has 0 saturated carbocycles. The predicted octanol–water partition coefficient (Wildman–Crippen LogP) is 7.54. The summed E-state index contributed by atoms with van der Waals surface area (Å²) in [5.74, 6) is -0.964. The van der Waals surface area contributed by atoms with Crippen molar-refractivity contribution in [2.24, 2.45) is 5.92 Å². The quantitative estimate of drug-likeness (QED) is 0.276. The van der Waals surface area contributed by atoms with Crippen molar-refractivity contribution in [3.05, 3.63) is 70.8 Å². The number of nitrogens with one attached hydrogen (secondary N) is 2. The van der Waals surface area contributed by atoms with E-state index in [-0.39, 0.29) is 11.8 Å². The van der Waals surface area contributed by atoms with Crippen molar-refractivity contribution in [3.8, 4) is 0 Å². The highest BCUT2D eigenvalue weighted by molar-refractivity contribution is 6.34. The van der Waals surface area contributed by atoms with Gasteiger partial charge in [0.2, 0.25) is 5.91 Å². The first-order valence-electron chi connectivity index (χ1n) is 13.9. The summed E-state index contributed by atoms with van der Waals surface area (Å²) in [6.07, 6.45) is 3.13. The number of hydrogen-bond acceptors (Lipinski definition) is 4.